The van der Waals surface area contributed by atoms with Crippen molar-refractivity contribution >= 4 is 12.0 Å². The van der Waals surface area contributed by atoms with Crippen LogP contribution in [0.4, 0.5) is 4.79 Å². The average molecular weight is 437 g/mol. The summed E-state index contributed by atoms with van der Waals surface area (Å²) in [5.74, 6) is -0.191. The van der Waals surface area contributed by atoms with Gasteiger partial charge < -0.3 is 14.8 Å². The van der Waals surface area contributed by atoms with Crippen molar-refractivity contribution in [2.45, 2.75) is 69.9 Å². The molecule has 0 radical (unpaired) electrons. The van der Waals surface area contributed by atoms with Crippen molar-refractivity contribution < 1.29 is 19.1 Å². The molecule has 6 heteroatoms. The molecule has 0 spiro atoms. The van der Waals surface area contributed by atoms with Crippen LogP contribution in [0.2, 0.25) is 0 Å². The van der Waals surface area contributed by atoms with E-state index < -0.39 is 24.5 Å². The van der Waals surface area contributed by atoms with E-state index in [1.165, 1.54) is 19.3 Å². The summed E-state index contributed by atoms with van der Waals surface area (Å²) in [6.45, 7) is 2.43. The van der Waals surface area contributed by atoms with E-state index in [1.807, 2.05) is 60.7 Å². The Labute approximate surface area is 189 Å². The highest BCUT2D eigenvalue weighted by molar-refractivity contribution is 5.88. The first-order valence-corrected chi connectivity index (χ1v) is 11.7. The van der Waals surface area contributed by atoms with E-state index in [0.717, 1.165) is 30.4 Å². The lowest BCUT2D eigenvalue weighted by molar-refractivity contribution is -0.157. The molecular formula is C26H32N2O4. The number of amides is 2. The van der Waals surface area contributed by atoms with Gasteiger partial charge in [-0.3, -0.25) is 9.69 Å². The Balaban J connectivity index is 1.57. The molecule has 0 aromatic heterocycles. The predicted molar refractivity (Wildman–Crippen MR) is 122 cm³/mol. The first-order valence-electron chi connectivity index (χ1n) is 11.7. The number of hydrogen-bond acceptors (Lipinski definition) is 4. The molecule has 2 aromatic carbocycles. The molecule has 4 rings (SSSR count). The van der Waals surface area contributed by atoms with E-state index in [9.17, 15) is 9.59 Å². The van der Waals surface area contributed by atoms with E-state index in [0.29, 0.717) is 0 Å². The Morgan fingerprint density at radius 3 is 2.25 bits per heavy atom. The van der Waals surface area contributed by atoms with Gasteiger partial charge in [-0.2, -0.15) is 0 Å². The third-order valence-corrected chi connectivity index (χ3v) is 6.29. The molecule has 2 amide bonds. The second-order valence-electron chi connectivity index (χ2n) is 8.53. The highest BCUT2D eigenvalue weighted by Crippen LogP contribution is 2.36. The molecule has 2 aliphatic heterocycles. The standard InChI is InChI=1S/C26H32N2O4/c1-2-3-4-5-12-17-22-23(24(29)27-25(32-22)20-15-10-7-11-16-20)28-21(18-31-26(28)30)19-13-8-6-9-14-19/h6-11,13-16,21-23,25H,2-5,12,17-18H2,1H3,(H,27,29)/t21-,22-,23-,25+/m1/s1. The van der Waals surface area contributed by atoms with Crippen molar-refractivity contribution in [3.05, 3.63) is 71.8 Å². The molecule has 2 heterocycles. The van der Waals surface area contributed by atoms with Crippen molar-refractivity contribution in [1.29, 1.82) is 0 Å². The number of ether oxygens (including phenoxy) is 2. The number of hydrogen-bond donors (Lipinski definition) is 1. The van der Waals surface area contributed by atoms with E-state index in [-0.39, 0.29) is 18.6 Å². The maximum atomic E-state index is 13.4. The molecule has 0 aliphatic carbocycles. The van der Waals surface area contributed by atoms with Gasteiger partial charge in [0, 0.05) is 5.56 Å². The maximum absolute atomic E-state index is 13.4. The number of carbonyl (C=O) groups excluding carboxylic acids is 2. The molecule has 4 atom stereocenters. The normalized spacial score (nSPS) is 25.5. The van der Waals surface area contributed by atoms with Crippen LogP contribution >= 0.6 is 0 Å². The van der Waals surface area contributed by atoms with Gasteiger partial charge in [0.15, 0.2) is 6.23 Å². The monoisotopic (exact) mass is 436 g/mol. The Bertz CT molecular complexity index is 889. The molecule has 170 valence electrons. The van der Waals surface area contributed by atoms with Crippen LogP contribution in [0.1, 0.15) is 68.8 Å². The largest absolute Gasteiger partial charge is 0.447 e. The van der Waals surface area contributed by atoms with Gasteiger partial charge in [0.2, 0.25) is 5.91 Å². The highest BCUT2D eigenvalue weighted by Gasteiger charge is 2.49. The van der Waals surface area contributed by atoms with Gasteiger partial charge >= 0.3 is 6.09 Å². The van der Waals surface area contributed by atoms with Crippen LogP contribution in [0.3, 0.4) is 0 Å². The van der Waals surface area contributed by atoms with Crippen LogP contribution in [0.25, 0.3) is 0 Å². The third kappa shape index (κ3) is 4.96. The SMILES string of the molecule is CCCCCCC[C@H]1O[C@@H](c2ccccc2)NC(=O)[C@@H]1N1C(=O)OC[C@@H]1c1ccccc1. The fourth-order valence-corrected chi connectivity index (χ4v) is 4.61. The third-order valence-electron chi connectivity index (χ3n) is 6.29. The summed E-state index contributed by atoms with van der Waals surface area (Å²) in [5, 5.41) is 2.98. The molecule has 2 saturated heterocycles. The van der Waals surface area contributed by atoms with Crippen LogP contribution in [-0.2, 0) is 14.3 Å². The highest BCUT2D eigenvalue weighted by atomic mass is 16.6. The fraction of sp³-hybridized carbons (Fsp3) is 0.462. The van der Waals surface area contributed by atoms with Crippen molar-refractivity contribution in [2.75, 3.05) is 6.61 Å². The van der Waals surface area contributed by atoms with E-state index in [2.05, 4.69) is 12.2 Å². The summed E-state index contributed by atoms with van der Waals surface area (Å²) in [5.41, 5.74) is 1.86. The van der Waals surface area contributed by atoms with Crippen molar-refractivity contribution in [3.63, 3.8) is 0 Å². The topological polar surface area (TPSA) is 67.9 Å². The molecule has 2 aliphatic rings. The maximum Gasteiger partial charge on any atom is 0.411 e. The zero-order valence-electron chi connectivity index (χ0n) is 18.6. The van der Waals surface area contributed by atoms with Gasteiger partial charge in [0.05, 0.1) is 12.1 Å². The molecule has 0 unspecified atom stereocenters. The molecule has 32 heavy (non-hydrogen) atoms. The minimum absolute atomic E-state index is 0.191. The van der Waals surface area contributed by atoms with Crippen LogP contribution < -0.4 is 5.32 Å². The second-order valence-corrected chi connectivity index (χ2v) is 8.53. The fourth-order valence-electron chi connectivity index (χ4n) is 4.61. The van der Waals surface area contributed by atoms with Crippen LogP contribution in [0.15, 0.2) is 60.7 Å². The number of benzene rings is 2. The van der Waals surface area contributed by atoms with E-state index >= 15 is 0 Å². The molecule has 0 saturated carbocycles. The summed E-state index contributed by atoms with van der Waals surface area (Å²) in [6, 6.07) is 18.4. The molecule has 2 aromatic rings. The van der Waals surface area contributed by atoms with Crippen molar-refractivity contribution in [3.8, 4) is 0 Å². The first-order chi connectivity index (χ1) is 15.7. The van der Waals surface area contributed by atoms with Gasteiger partial charge in [0.25, 0.3) is 0 Å². The van der Waals surface area contributed by atoms with E-state index in [1.54, 1.807) is 4.90 Å². The van der Waals surface area contributed by atoms with E-state index in [4.69, 9.17) is 9.47 Å². The number of rotatable bonds is 9. The number of nitrogens with zero attached hydrogens (tertiary/aromatic N) is 1. The Morgan fingerprint density at radius 2 is 1.56 bits per heavy atom. The predicted octanol–water partition coefficient (Wildman–Crippen LogP) is 5.12. The lowest BCUT2D eigenvalue weighted by atomic mass is 9.96. The molecular weight excluding hydrogens is 404 g/mol. The summed E-state index contributed by atoms with van der Waals surface area (Å²) in [6.07, 6.45) is 4.94. The van der Waals surface area contributed by atoms with Gasteiger partial charge in [-0.1, -0.05) is 99.7 Å². The summed E-state index contributed by atoms with van der Waals surface area (Å²) >= 11 is 0. The van der Waals surface area contributed by atoms with Crippen LogP contribution in [0.5, 0.6) is 0 Å². The second kappa shape index (κ2) is 10.6. The van der Waals surface area contributed by atoms with Gasteiger partial charge in [-0.25, -0.2) is 4.79 Å². The number of nitrogens with one attached hydrogen (secondary N) is 1. The summed E-state index contributed by atoms with van der Waals surface area (Å²) in [4.78, 5) is 27.8. The van der Waals surface area contributed by atoms with Crippen LogP contribution in [0, 0.1) is 0 Å². The average Bonchev–Trinajstić information content (AvgIpc) is 3.20. The summed E-state index contributed by atoms with van der Waals surface area (Å²) in [7, 11) is 0. The number of unbranched alkanes of at least 4 members (excludes halogenated alkanes) is 4. The van der Waals surface area contributed by atoms with Gasteiger partial charge in [-0.05, 0) is 12.0 Å². The first kappa shape index (κ1) is 22.3. The lowest BCUT2D eigenvalue weighted by Crippen LogP contribution is -2.60. The number of carbonyl (C=O) groups is 2. The Hall–Kier alpha value is -2.86. The van der Waals surface area contributed by atoms with Crippen molar-refractivity contribution in [2.24, 2.45) is 0 Å². The molecule has 1 N–H and O–H groups in total. The Kier molecular flexibility index (Phi) is 7.43. The van der Waals surface area contributed by atoms with Gasteiger partial charge in [0.1, 0.15) is 12.6 Å². The smallest absolute Gasteiger partial charge is 0.411 e. The van der Waals surface area contributed by atoms with Gasteiger partial charge in [-0.15, -0.1) is 0 Å². The molecule has 0 bridgehead atoms. The summed E-state index contributed by atoms with van der Waals surface area (Å²) < 4.78 is 11.8. The minimum atomic E-state index is -0.721. The lowest BCUT2D eigenvalue weighted by Gasteiger charge is -2.41. The number of cyclic esters (lactones) is 1. The van der Waals surface area contributed by atoms with Crippen molar-refractivity contribution in [1.82, 2.24) is 10.2 Å². The molecule has 2 fully saturated rings. The zero-order valence-corrected chi connectivity index (χ0v) is 18.6. The molecule has 6 nitrogen and oxygen atoms in total. The zero-order chi connectivity index (χ0) is 22.3. The van der Waals surface area contributed by atoms with Crippen LogP contribution in [-0.4, -0.2) is 35.7 Å². The Morgan fingerprint density at radius 1 is 0.906 bits per heavy atom. The minimum Gasteiger partial charge on any atom is -0.447 e. The quantitative estimate of drug-likeness (QED) is 0.554.